The Labute approximate surface area is 52.4 Å². The van der Waals surface area contributed by atoms with Gasteiger partial charge in [0.1, 0.15) is 7.85 Å². The van der Waals surface area contributed by atoms with Crippen molar-refractivity contribution < 1.29 is 0 Å². The second kappa shape index (κ2) is 2.96. The van der Waals surface area contributed by atoms with Crippen LogP contribution in [0.1, 0.15) is 32.1 Å². The average molecular weight is 106 g/mol. The molecule has 0 aromatic rings. The quantitative estimate of drug-likeness (QED) is 0.414. The summed E-state index contributed by atoms with van der Waals surface area (Å²) in [7, 11) is 5.34. The Balaban J connectivity index is 2.33. The van der Waals surface area contributed by atoms with Crippen LogP contribution in [0.4, 0.5) is 0 Å². The SMILES string of the molecule is [B]C=C1CCCCC1. The van der Waals surface area contributed by atoms with Gasteiger partial charge in [-0.15, -0.1) is 5.98 Å². The van der Waals surface area contributed by atoms with Crippen molar-refractivity contribution >= 4 is 7.85 Å². The smallest absolute Gasteiger partial charge is 0.102 e. The number of hydrogen-bond donors (Lipinski definition) is 0. The van der Waals surface area contributed by atoms with Gasteiger partial charge in [0.05, 0.1) is 0 Å². The molecule has 0 nitrogen and oxygen atoms in total. The Morgan fingerprint density at radius 3 is 2.12 bits per heavy atom. The molecule has 42 valence electrons. The maximum Gasteiger partial charge on any atom is 0.102 e. The van der Waals surface area contributed by atoms with E-state index in [1.54, 1.807) is 5.98 Å². The molecule has 8 heavy (non-hydrogen) atoms. The van der Waals surface area contributed by atoms with Crippen LogP contribution in [0.2, 0.25) is 0 Å². The molecule has 0 aromatic carbocycles. The van der Waals surface area contributed by atoms with Crippen molar-refractivity contribution in [2.75, 3.05) is 0 Å². The molecule has 0 saturated heterocycles. The second-order valence-corrected chi connectivity index (χ2v) is 2.39. The lowest BCUT2D eigenvalue weighted by atomic mass is 9.91. The van der Waals surface area contributed by atoms with E-state index >= 15 is 0 Å². The molecule has 2 radical (unpaired) electrons. The van der Waals surface area contributed by atoms with Crippen LogP contribution in [0.5, 0.6) is 0 Å². The largest absolute Gasteiger partial charge is 0.132 e. The highest BCUT2D eigenvalue weighted by Gasteiger charge is 2.01. The van der Waals surface area contributed by atoms with E-state index in [1.807, 2.05) is 0 Å². The predicted octanol–water partition coefficient (Wildman–Crippen LogP) is 2.00. The minimum Gasteiger partial charge on any atom is -0.132 e. The summed E-state index contributed by atoms with van der Waals surface area (Å²) >= 11 is 0. The van der Waals surface area contributed by atoms with Gasteiger partial charge in [-0.1, -0.05) is 12.0 Å². The summed E-state index contributed by atoms with van der Waals surface area (Å²) in [6, 6.07) is 0. The van der Waals surface area contributed by atoms with Gasteiger partial charge in [0, 0.05) is 0 Å². The zero-order valence-corrected chi connectivity index (χ0v) is 5.19. The van der Waals surface area contributed by atoms with Crippen molar-refractivity contribution in [1.82, 2.24) is 0 Å². The van der Waals surface area contributed by atoms with Gasteiger partial charge in [0.15, 0.2) is 0 Å². The minimum atomic E-state index is 1.25. The summed E-state index contributed by atoms with van der Waals surface area (Å²) < 4.78 is 0. The molecule has 1 aliphatic carbocycles. The topological polar surface area (TPSA) is 0 Å². The molecule has 1 aliphatic rings. The maximum atomic E-state index is 5.34. The molecule has 0 amide bonds. The van der Waals surface area contributed by atoms with Crippen LogP contribution in [0.3, 0.4) is 0 Å². The van der Waals surface area contributed by atoms with Crippen LogP contribution >= 0.6 is 0 Å². The van der Waals surface area contributed by atoms with Crippen molar-refractivity contribution in [2.24, 2.45) is 0 Å². The van der Waals surface area contributed by atoms with Crippen LogP contribution in [-0.4, -0.2) is 7.85 Å². The lowest BCUT2D eigenvalue weighted by Crippen LogP contribution is -1.92. The maximum absolute atomic E-state index is 5.34. The fraction of sp³-hybridized carbons (Fsp3) is 0.714. The first-order chi connectivity index (χ1) is 3.93. The summed E-state index contributed by atoms with van der Waals surface area (Å²) in [4.78, 5) is 0. The van der Waals surface area contributed by atoms with Gasteiger partial charge in [-0.25, -0.2) is 0 Å². The van der Waals surface area contributed by atoms with Crippen LogP contribution in [-0.2, 0) is 0 Å². The Morgan fingerprint density at radius 1 is 1.12 bits per heavy atom. The molecule has 0 unspecified atom stereocenters. The van der Waals surface area contributed by atoms with E-state index < -0.39 is 0 Å². The van der Waals surface area contributed by atoms with E-state index in [9.17, 15) is 0 Å². The molecule has 0 atom stereocenters. The molecule has 1 fully saturated rings. The van der Waals surface area contributed by atoms with E-state index in [-0.39, 0.29) is 0 Å². The Hall–Kier alpha value is -0.195. The third kappa shape index (κ3) is 1.39. The fourth-order valence-electron chi connectivity index (χ4n) is 1.17. The molecule has 0 spiro atoms. The summed E-state index contributed by atoms with van der Waals surface area (Å²) in [6.07, 6.45) is 6.59. The van der Waals surface area contributed by atoms with Crippen molar-refractivity contribution in [3.63, 3.8) is 0 Å². The molecule has 1 saturated carbocycles. The van der Waals surface area contributed by atoms with Gasteiger partial charge >= 0.3 is 0 Å². The lowest BCUT2D eigenvalue weighted by molar-refractivity contribution is 0.600. The first kappa shape index (κ1) is 5.93. The van der Waals surface area contributed by atoms with Crippen LogP contribution in [0, 0.1) is 0 Å². The van der Waals surface area contributed by atoms with Crippen LogP contribution in [0.25, 0.3) is 0 Å². The number of allylic oxidation sites excluding steroid dienone is 1. The van der Waals surface area contributed by atoms with Gasteiger partial charge in [-0.3, -0.25) is 0 Å². The summed E-state index contributed by atoms with van der Waals surface area (Å²) in [6.45, 7) is 0. The van der Waals surface area contributed by atoms with Gasteiger partial charge in [-0.05, 0) is 25.7 Å². The van der Waals surface area contributed by atoms with Gasteiger partial charge < -0.3 is 0 Å². The first-order valence-electron chi connectivity index (χ1n) is 3.33. The summed E-state index contributed by atoms with van der Waals surface area (Å²) in [5.74, 6) is 1.78. The Morgan fingerprint density at radius 2 is 1.75 bits per heavy atom. The van der Waals surface area contributed by atoms with Crippen molar-refractivity contribution in [3.05, 3.63) is 11.5 Å². The summed E-state index contributed by atoms with van der Waals surface area (Å²) in [5.41, 5.74) is 1.45. The third-order valence-electron chi connectivity index (χ3n) is 1.73. The molecule has 1 heteroatoms. The van der Waals surface area contributed by atoms with E-state index in [1.165, 1.54) is 37.7 Å². The zero-order chi connectivity index (χ0) is 5.82. The van der Waals surface area contributed by atoms with E-state index in [2.05, 4.69) is 0 Å². The van der Waals surface area contributed by atoms with E-state index in [0.717, 1.165) is 0 Å². The standard InChI is InChI=1S/C7H11B/c8-6-7-4-2-1-3-5-7/h6H,1-5H2. The monoisotopic (exact) mass is 106 g/mol. The lowest BCUT2D eigenvalue weighted by Gasteiger charge is -2.12. The van der Waals surface area contributed by atoms with E-state index in [4.69, 9.17) is 7.85 Å². The molecule has 0 aliphatic heterocycles. The molecular weight excluding hydrogens is 94.9 g/mol. The highest BCUT2D eigenvalue weighted by atomic mass is 14.1. The molecule has 0 N–H and O–H groups in total. The third-order valence-corrected chi connectivity index (χ3v) is 1.73. The van der Waals surface area contributed by atoms with E-state index in [0.29, 0.717) is 0 Å². The predicted molar refractivity (Wildman–Crippen MR) is 36.9 cm³/mol. The van der Waals surface area contributed by atoms with Crippen molar-refractivity contribution in [1.29, 1.82) is 0 Å². The zero-order valence-electron chi connectivity index (χ0n) is 5.19. The van der Waals surface area contributed by atoms with Gasteiger partial charge in [0.2, 0.25) is 0 Å². The Bertz CT molecular complexity index is 86.6. The normalized spacial score (nSPS) is 20.8. The Kier molecular flexibility index (Phi) is 2.19. The van der Waals surface area contributed by atoms with Crippen LogP contribution in [0.15, 0.2) is 11.5 Å². The molecule has 0 heterocycles. The highest BCUT2D eigenvalue weighted by molar-refractivity contribution is 6.17. The molecule has 1 rings (SSSR count). The molecule has 0 bridgehead atoms. The molecular formula is C7H11B. The van der Waals surface area contributed by atoms with Gasteiger partial charge in [-0.2, -0.15) is 0 Å². The molecule has 0 aromatic heterocycles. The number of rotatable bonds is 0. The minimum absolute atomic E-state index is 1.25. The first-order valence-corrected chi connectivity index (χ1v) is 3.33. The number of hydrogen-bond acceptors (Lipinski definition) is 0. The van der Waals surface area contributed by atoms with Crippen molar-refractivity contribution in [3.8, 4) is 0 Å². The average Bonchev–Trinajstić information content (AvgIpc) is 1.90. The highest BCUT2D eigenvalue weighted by Crippen LogP contribution is 2.21. The fourth-order valence-corrected chi connectivity index (χ4v) is 1.17. The second-order valence-electron chi connectivity index (χ2n) is 2.39. The van der Waals surface area contributed by atoms with Crippen LogP contribution < -0.4 is 0 Å². The summed E-state index contributed by atoms with van der Waals surface area (Å²) in [5, 5.41) is 0. The van der Waals surface area contributed by atoms with Crippen molar-refractivity contribution in [2.45, 2.75) is 32.1 Å². The van der Waals surface area contributed by atoms with Gasteiger partial charge in [0.25, 0.3) is 0 Å².